The van der Waals surface area contributed by atoms with Crippen LogP contribution in [0.2, 0.25) is 0 Å². The summed E-state index contributed by atoms with van der Waals surface area (Å²) in [6, 6.07) is 16.5. The van der Waals surface area contributed by atoms with Crippen LogP contribution in [0.3, 0.4) is 0 Å². The normalized spacial score (nSPS) is 10.7. The van der Waals surface area contributed by atoms with Crippen molar-refractivity contribution in [3.63, 3.8) is 0 Å². The third kappa shape index (κ3) is 1.72. The Labute approximate surface area is 106 Å². The number of anilines is 1. The molecule has 2 heteroatoms. The smallest absolute Gasteiger partial charge is 0.0710 e. The van der Waals surface area contributed by atoms with Gasteiger partial charge in [0.1, 0.15) is 0 Å². The molecule has 0 unspecified atom stereocenters. The summed E-state index contributed by atoms with van der Waals surface area (Å²) >= 11 is 0. The molecule has 3 aromatic rings. The van der Waals surface area contributed by atoms with Crippen molar-refractivity contribution in [1.82, 2.24) is 4.98 Å². The molecule has 18 heavy (non-hydrogen) atoms. The summed E-state index contributed by atoms with van der Waals surface area (Å²) in [4.78, 5) is 4.38. The van der Waals surface area contributed by atoms with E-state index in [1.54, 1.807) is 6.20 Å². The van der Waals surface area contributed by atoms with Crippen molar-refractivity contribution >= 4 is 16.6 Å². The number of aromatic nitrogens is 1. The first-order valence-electron chi connectivity index (χ1n) is 5.96. The van der Waals surface area contributed by atoms with Crippen LogP contribution in [0.15, 0.2) is 54.7 Å². The van der Waals surface area contributed by atoms with Gasteiger partial charge in [-0.15, -0.1) is 0 Å². The highest BCUT2D eigenvalue weighted by atomic mass is 14.7. The van der Waals surface area contributed by atoms with Gasteiger partial charge in [-0.25, -0.2) is 0 Å². The van der Waals surface area contributed by atoms with Crippen LogP contribution in [0.1, 0.15) is 5.56 Å². The quantitative estimate of drug-likeness (QED) is 0.695. The fourth-order valence-electron chi connectivity index (χ4n) is 2.25. The van der Waals surface area contributed by atoms with Gasteiger partial charge in [0, 0.05) is 10.9 Å². The molecule has 0 bridgehead atoms. The monoisotopic (exact) mass is 234 g/mol. The number of rotatable bonds is 1. The Morgan fingerprint density at radius 2 is 1.78 bits per heavy atom. The van der Waals surface area contributed by atoms with E-state index < -0.39 is 0 Å². The summed E-state index contributed by atoms with van der Waals surface area (Å²) in [5, 5.41) is 1.11. The first-order chi connectivity index (χ1) is 8.75. The fourth-order valence-corrected chi connectivity index (χ4v) is 2.25. The summed E-state index contributed by atoms with van der Waals surface area (Å²) < 4.78 is 0. The van der Waals surface area contributed by atoms with Crippen LogP contribution >= 0.6 is 0 Å². The molecule has 0 aliphatic carbocycles. The molecule has 0 aliphatic heterocycles. The van der Waals surface area contributed by atoms with E-state index in [1.165, 1.54) is 5.56 Å². The van der Waals surface area contributed by atoms with Gasteiger partial charge in [-0.3, -0.25) is 4.98 Å². The number of hydrogen-bond donors (Lipinski definition) is 1. The third-order valence-electron chi connectivity index (χ3n) is 3.12. The minimum absolute atomic E-state index is 0.722. The van der Waals surface area contributed by atoms with E-state index in [9.17, 15) is 0 Å². The Morgan fingerprint density at radius 3 is 2.56 bits per heavy atom. The topological polar surface area (TPSA) is 38.9 Å². The molecular formula is C16H14N2. The number of benzene rings is 2. The SMILES string of the molecule is Cc1ccc2ncc(N)c(-c3ccccc3)c2c1. The zero-order valence-electron chi connectivity index (χ0n) is 10.2. The molecule has 1 heterocycles. The maximum absolute atomic E-state index is 6.11. The minimum Gasteiger partial charge on any atom is -0.397 e. The number of fused-ring (bicyclic) bond motifs is 1. The van der Waals surface area contributed by atoms with Gasteiger partial charge in [0.25, 0.3) is 0 Å². The largest absolute Gasteiger partial charge is 0.397 e. The first-order valence-corrected chi connectivity index (χ1v) is 5.96. The molecule has 0 aliphatic rings. The van der Waals surface area contributed by atoms with Crippen molar-refractivity contribution in [3.05, 3.63) is 60.3 Å². The number of nitrogens with zero attached hydrogens (tertiary/aromatic N) is 1. The molecule has 2 N–H and O–H groups in total. The van der Waals surface area contributed by atoms with Gasteiger partial charge < -0.3 is 5.73 Å². The predicted molar refractivity (Wildman–Crippen MR) is 76.3 cm³/mol. The Balaban J connectivity index is 2.40. The number of hydrogen-bond acceptors (Lipinski definition) is 2. The molecule has 0 amide bonds. The van der Waals surface area contributed by atoms with E-state index in [4.69, 9.17) is 5.73 Å². The summed E-state index contributed by atoms with van der Waals surface area (Å²) in [5.41, 5.74) is 11.2. The molecule has 2 aromatic carbocycles. The zero-order chi connectivity index (χ0) is 12.5. The van der Waals surface area contributed by atoms with Crippen LogP contribution in [-0.2, 0) is 0 Å². The van der Waals surface area contributed by atoms with Crippen LogP contribution in [-0.4, -0.2) is 4.98 Å². The Kier molecular flexibility index (Phi) is 2.49. The van der Waals surface area contributed by atoms with E-state index in [-0.39, 0.29) is 0 Å². The first kappa shape index (κ1) is 10.8. The van der Waals surface area contributed by atoms with E-state index in [0.717, 1.165) is 27.7 Å². The Hall–Kier alpha value is -2.35. The number of aryl methyl sites for hydroxylation is 1. The highest BCUT2D eigenvalue weighted by molar-refractivity contribution is 6.00. The lowest BCUT2D eigenvalue weighted by molar-refractivity contribution is 1.39. The maximum atomic E-state index is 6.11. The Morgan fingerprint density at radius 1 is 1.00 bits per heavy atom. The van der Waals surface area contributed by atoms with Gasteiger partial charge in [0.15, 0.2) is 0 Å². The van der Waals surface area contributed by atoms with Gasteiger partial charge in [0.2, 0.25) is 0 Å². The van der Waals surface area contributed by atoms with Crippen molar-refractivity contribution < 1.29 is 0 Å². The predicted octanol–water partition coefficient (Wildman–Crippen LogP) is 3.79. The highest BCUT2D eigenvalue weighted by Crippen LogP contribution is 2.32. The molecule has 0 fully saturated rings. The second kappa shape index (κ2) is 4.15. The van der Waals surface area contributed by atoms with Crippen LogP contribution < -0.4 is 5.73 Å². The molecule has 0 radical (unpaired) electrons. The van der Waals surface area contributed by atoms with Crippen LogP contribution in [0.25, 0.3) is 22.0 Å². The second-order valence-electron chi connectivity index (χ2n) is 4.48. The molecule has 0 spiro atoms. The molecule has 1 aromatic heterocycles. The van der Waals surface area contributed by atoms with Gasteiger partial charge >= 0.3 is 0 Å². The lowest BCUT2D eigenvalue weighted by Crippen LogP contribution is -1.94. The van der Waals surface area contributed by atoms with Gasteiger partial charge in [-0.1, -0.05) is 42.0 Å². The van der Waals surface area contributed by atoms with Crippen molar-refractivity contribution in [2.75, 3.05) is 5.73 Å². The average molecular weight is 234 g/mol. The summed E-state index contributed by atoms with van der Waals surface area (Å²) in [5.74, 6) is 0. The van der Waals surface area contributed by atoms with Gasteiger partial charge in [-0.2, -0.15) is 0 Å². The summed E-state index contributed by atoms with van der Waals surface area (Å²) in [6.45, 7) is 2.08. The molecule has 88 valence electrons. The van der Waals surface area contributed by atoms with Crippen LogP contribution in [0, 0.1) is 6.92 Å². The third-order valence-corrected chi connectivity index (χ3v) is 3.12. The van der Waals surface area contributed by atoms with Gasteiger partial charge in [0.05, 0.1) is 17.4 Å². The minimum atomic E-state index is 0.722. The van der Waals surface area contributed by atoms with E-state index >= 15 is 0 Å². The molecular weight excluding hydrogens is 220 g/mol. The average Bonchev–Trinajstić information content (AvgIpc) is 2.39. The van der Waals surface area contributed by atoms with Crippen molar-refractivity contribution in [1.29, 1.82) is 0 Å². The molecule has 3 rings (SSSR count). The molecule has 0 atom stereocenters. The van der Waals surface area contributed by atoms with Crippen molar-refractivity contribution in [2.45, 2.75) is 6.92 Å². The number of nitrogen functional groups attached to an aromatic ring is 1. The van der Waals surface area contributed by atoms with Crippen molar-refractivity contribution in [2.24, 2.45) is 0 Å². The molecule has 0 saturated carbocycles. The van der Waals surface area contributed by atoms with Crippen molar-refractivity contribution in [3.8, 4) is 11.1 Å². The zero-order valence-corrected chi connectivity index (χ0v) is 10.2. The van der Waals surface area contributed by atoms with E-state index in [0.29, 0.717) is 0 Å². The second-order valence-corrected chi connectivity index (χ2v) is 4.48. The van der Waals surface area contributed by atoms with Crippen LogP contribution in [0.5, 0.6) is 0 Å². The van der Waals surface area contributed by atoms with Crippen LogP contribution in [0.4, 0.5) is 5.69 Å². The maximum Gasteiger partial charge on any atom is 0.0710 e. The number of nitrogens with two attached hydrogens (primary N) is 1. The highest BCUT2D eigenvalue weighted by Gasteiger charge is 2.08. The standard InChI is InChI=1S/C16H14N2/c1-11-7-8-15-13(9-11)16(14(17)10-18-15)12-5-3-2-4-6-12/h2-10H,17H2,1H3. The van der Waals surface area contributed by atoms with E-state index in [1.807, 2.05) is 24.3 Å². The number of pyridine rings is 1. The lowest BCUT2D eigenvalue weighted by atomic mass is 9.99. The van der Waals surface area contributed by atoms with E-state index in [2.05, 4.69) is 36.2 Å². The summed E-state index contributed by atoms with van der Waals surface area (Å²) in [7, 11) is 0. The Bertz CT molecular complexity index is 698. The lowest BCUT2D eigenvalue weighted by Gasteiger charge is -2.10. The molecule has 0 saturated heterocycles. The summed E-state index contributed by atoms with van der Waals surface area (Å²) in [6.07, 6.45) is 1.74. The van der Waals surface area contributed by atoms with Gasteiger partial charge in [-0.05, 0) is 24.6 Å². The molecule has 2 nitrogen and oxygen atoms in total. The fraction of sp³-hybridized carbons (Fsp3) is 0.0625.